The zero-order valence-corrected chi connectivity index (χ0v) is 14.1. The second-order valence-corrected chi connectivity index (χ2v) is 6.37. The Balaban J connectivity index is 1.59. The van der Waals surface area contributed by atoms with E-state index in [0.717, 1.165) is 42.6 Å². The molecular weight excluding hydrogens is 316 g/mol. The molecule has 1 N–H and O–H groups in total. The molecule has 0 spiro atoms. The van der Waals surface area contributed by atoms with Crippen molar-refractivity contribution in [3.05, 3.63) is 29.2 Å². The minimum Gasteiger partial charge on any atom is -0.351 e. The van der Waals surface area contributed by atoms with Gasteiger partial charge < -0.3 is 9.84 Å². The van der Waals surface area contributed by atoms with Crippen LogP contribution in [0.4, 0.5) is 0 Å². The van der Waals surface area contributed by atoms with Gasteiger partial charge in [0.2, 0.25) is 11.8 Å². The fourth-order valence-electron chi connectivity index (χ4n) is 2.55. The quantitative estimate of drug-likeness (QED) is 0.834. The molecule has 1 aliphatic rings. The number of hydrogen-bond donors (Lipinski definition) is 1. The average molecular weight is 336 g/mol. The number of rotatable bonds is 6. The summed E-state index contributed by atoms with van der Waals surface area (Å²) >= 11 is 1.67. The van der Waals surface area contributed by atoms with Crippen molar-refractivity contribution in [2.45, 2.75) is 38.9 Å². The van der Waals surface area contributed by atoms with Gasteiger partial charge in [0.1, 0.15) is 0 Å². The van der Waals surface area contributed by atoms with Crippen molar-refractivity contribution in [1.29, 1.82) is 0 Å². The predicted molar refractivity (Wildman–Crippen MR) is 85.4 cm³/mol. The van der Waals surface area contributed by atoms with Gasteiger partial charge in [0.15, 0.2) is 5.82 Å². The van der Waals surface area contributed by atoms with E-state index in [1.54, 1.807) is 11.8 Å². The first-order valence-corrected chi connectivity index (χ1v) is 8.86. The van der Waals surface area contributed by atoms with Crippen LogP contribution >= 0.6 is 11.8 Å². The lowest BCUT2D eigenvalue weighted by Crippen LogP contribution is -2.33. The molecule has 9 heteroatoms. The fraction of sp³-hybridized carbons (Fsp3) is 0.571. The number of amides is 1. The third-order valence-corrected chi connectivity index (χ3v) is 4.14. The van der Waals surface area contributed by atoms with Gasteiger partial charge in [0.25, 0.3) is 0 Å². The molecule has 124 valence electrons. The van der Waals surface area contributed by atoms with Gasteiger partial charge in [-0.25, -0.2) is 0 Å². The summed E-state index contributed by atoms with van der Waals surface area (Å²) in [6, 6.07) is 2.04. The van der Waals surface area contributed by atoms with Gasteiger partial charge in [-0.2, -0.15) is 21.8 Å². The number of aromatic nitrogens is 4. The molecule has 0 fully saturated rings. The van der Waals surface area contributed by atoms with E-state index in [-0.39, 0.29) is 5.91 Å². The van der Waals surface area contributed by atoms with Crippen molar-refractivity contribution in [1.82, 2.24) is 30.1 Å². The van der Waals surface area contributed by atoms with Gasteiger partial charge in [-0.1, -0.05) is 5.16 Å². The first-order valence-electron chi connectivity index (χ1n) is 7.47. The van der Waals surface area contributed by atoms with Crippen molar-refractivity contribution in [2.75, 3.05) is 12.8 Å². The molecule has 0 radical (unpaired) electrons. The summed E-state index contributed by atoms with van der Waals surface area (Å²) < 4.78 is 7.29. The number of thioether (sulfide) groups is 1. The van der Waals surface area contributed by atoms with Crippen molar-refractivity contribution in [2.24, 2.45) is 0 Å². The lowest BCUT2D eigenvalue weighted by atomic mass is 10.2. The normalized spacial score (nSPS) is 14.7. The number of nitrogens with zero attached hydrogens (tertiary/aromatic N) is 5. The van der Waals surface area contributed by atoms with Crippen LogP contribution in [0.1, 0.15) is 30.0 Å². The molecule has 3 rings (SSSR count). The maximum Gasteiger partial charge on any atom is 0.240 e. The molecule has 8 nitrogen and oxygen atoms in total. The first-order chi connectivity index (χ1) is 11.1. The number of fused-ring (bicyclic) bond motifs is 1. The van der Waals surface area contributed by atoms with E-state index in [9.17, 15) is 4.79 Å². The molecule has 3 heterocycles. The molecule has 0 saturated carbocycles. The Morgan fingerprint density at radius 1 is 1.48 bits per heavy atom. The second-order valence-electron chi connectivity index (χ2n) is 5.51. The summed E-state index contributed by atoms with van der Waals surface area (Å²) in [6.07, 6.45) is 2.01. The van der Waals surface area contributed by atoms with E-state index >= 15 is 0 Å². The van der Waals surface area contributed by atoms with E-state index in [4.69, 9.17) is 4.52 Å². The van der Waals surface area contributed by atoms with Crippen LogP contribution < -0.4 is 5.32 Å². The largest absolute Gasteiger partial charge is 0.351 e. The topological polar surface area (TPSA) is 89.1 Å². The molecule has 0 aromatic carbocycles. The summed E-state index contributed by atoms with van der Waals surface area (Å²) in [4.78, 5) is 17.6. The molecule has 0 bridgehead atoms. The van der Waals surface area contributed by atoms with Crippen LogP contribution in [0.15, 0.2) is 10.6 Å². The third kappa shape index (κ3) is 4.11. The minimum absolute atomic E-state index is 0.0463. The van der Waals surface area contributed by atoms with Crippen LogP contribution in [0.5, 0.6) is 0 Å². The second kappa shape index (κ2) is 7.14. The van der Waals surface area contributed by atoms with Crippen LogP contribution in [0.25, 0.3) is 0 Å². The van der Waals surface area contributed by atoms with E-state index in [2.05, 4.69) is 25.5 Å². The molecule has 1 aliphatic heterocycles. The van der Waals surface area contributed by atoms with Gasteiger partial charge in [-0.3, -0.25) is 14.4 Å². The predicted octanol–water partition coefficient (Wildman–Crippen LogP) is 0.781. The SMILES string of the molecule is CSCc1noc(CN2CCn3nc(CNC(C)=O)cc3C2)n1. The Morgan fingerprint density at radius 2 is 2.35 bits per heavy atom. The van der Waals surface area contributed by atoms with Crippen LogP contribution in [0.3, 0.4) is 0 Å². The Kier molecular flexibility index (Phi) is 4.97. The molecule has 0 unspecified atom stereocenters. The van der Waals surface area contributed by atoms with Gasteiger partial charge in [-0.15, -0.1) is 0 Å². The molecular formula is C14H20N6O2S. The first kappa shape index (κ1) is 16.0. The maximum absolute atomic E-state index is 11.0. The highest BCUT2D eigenvalue weighted by atomic mass is 32.2. The van der Waals surface area contributed by atoms with Crippen LogP contribution in [0, 0.1) is 0 Å². The van der Waals surface area contributed by atoms with Gasteiger partial charge in [0.05, 0.1) is 36.8 Å². The number of nitrogens with one attached hydrogen (secondary N) is 1. The summed E-state index contributed by atoms with van der Waals surface area (Å²) in [7, 11) is 0. The van der Waals surface area contributed by atoms with E-state index < -0.39 is 0 Å². The monoisotopic (exact) mass is 336 g/mol. The van der Waals surface area contributed by atoms with Crippen LogP contribution in [0.2, 0.25) is 0 Å². The van der Waals surface area contributed by atoms with E-state index in [1.807, 2.05) is 17.0 Å². The highest BCUT2D eigenvalue weighted by Gasteiger charge is 2.20. The highest BCUT2D eigenvalue weighted by molar-refractivity contribution is 7.97. The summed E-state index contributed by atoms with van der Waals surface area (Å²) in [6.45, 7) is 5.11. The Hall–Kier alpha value is -1.87. The van der Waals surface area contributed by atoms with Crippen molar-refractivity contribution in [3.63, 3.8) is 0 Å². The van der Waals surface area contributed by atoms with Gasteiger partial charge >= 0.3 is 0 Å². The lowest BCUT2D eigenvalue weighted by Gasteiger charge is -2.25. The summed E-state index contributed by atoms with van der Waals surface area (Å²) in [5.41, 5.74) is 2.03. The molecule has 2 aromatic rings. The molecule has 23 heavy (non-hydrogen) atoms. The molecule has 1 amide bonds. The van der Waals surface area contributed by atoms with Crippen LogP contribution in [-0.4, -0.2) is 43.5 Å². The third-order valence-electron chi connectivity index (χ3n) is 3.59. The maximum atomic E-state index is 11.0. The smallest absolute Gasteiger partial charge is 0.240 e. The van der Waals surface area contributed by atoms with E-state index in [0.29, 0.717) is 19.0 Å². The molecule has 0 saturated heterocycles. The molecule has 2 aromatic heterocycles. The van der Waals surface area contributed by atoms with E-state index in [1.165, 1.54) is 6.92 Å². The summed E-state index contributed by atoms with van der Waals surface area (Å²) in [5.74, 6) is 2.12. The average Bonchev–Trinajstić information content (AvgIpc) is 3.11. The zero-order valence-electron chi connectivity index (χ0n) is 13.3. The lowest BCUT2D eigenvalue weighted by molar-refractivity contribution is -0.119. The van der Waals surface area contributed by atoms with Gasteiger partial charge in [-0.05, 0) is 12.3 Å². The Labute approximate surface area is 138 Å². The van der Waals surface area contributed by atoms with Crippen molar-refractivity contribution < 1.29 is 9.32 Å². The Bertz CT molecular complexity index is 683. The van der Waals surface area contributed by atoms with Crippen LogP contribution in [-0.2, 0) is 36.7 Å². The molecule has 0 atom stereocenters. The highest BCUT2D eigenvalue weighted by Crippen LogP contribution is 2.16. The number of carbonyl (C=O) groups excluding carboxylic acids is 1. The standard InChI is InChI=1S/C14H20N6O2S/c1-10(21)15-6-11-5-12-7-19(3-4-20(12)17-11)8-14-16-13(9-23-2)18-22-14/h5H,3-4,6-9H2,1-2H3,(H,15,21). The minimum atomic E-state index is -0.0463. The fourth-order valence-corrected chi connectivity index (χ4v) is 2.93. The number of carbonyl (C=O) groups is 1. The zero-order chi connectivity index (χ0) is 16.2. The van der Waals surface area contributed by atoms with Gasteiger partial charge in [0, 0.05) is 20.0 Å². The van der Waals surface area contributed by atoms with Crippen molar-refractivity contribution >= 4 is 17.7 Å². The molecule has 0 aliphatic carbocycles. The van der Waals surface area contributed by atoms with Crippen molar-refractivity contribution in [3.8, 4) is 0 Å². The number of hydrogen-bond acceptors (Lipinski definition) is 7. The Morgan fingerprint density at radius 3 is 3.13 bits per heavy atom. The summed E-state index contributed by atoms with van der Waals surface area (Å²) in [5, 5.41) is 11.3.